The van der Waals surface area contributed by atoms with Crippen molar-refractivity contribution in [2.24, 2.45) is 5.41 Å². The second kappa shape index (κ2) is 5.28. The van der Waals surface area contributed by atoms with Crippen LogP contribution in [0.4, 0.5) is 0 Å². The Morgan fingerprint density at radius 3 is 2.58 bits per heavy atom. The van der Waals surface area contributed by atoms with Crippen LogP contribution in [0.5, 0.6) is 0 Å². The van der Waals surface area contributed by atoms with Gasteiger partial charge < -0.3 is 10.2 Å². The van der Waals surface area contributed by atoms with Gasteiger partial charge in [0, 0.05) is 13.1 Å². The minimum absolute atomic E-state index is 0.238. The van der Waals surface area contributed by atoms with Crippen molar-refractivity contribution in [2.75, 3.05) is 19.6 Å². The molecule has 3 heteroatoms. The van der Waals surface area contributed by atoms with Crippen LogP contribution in [0.15, 0.2) is 11.6 Å². The Kier molecular flexibility index (Phi) is 4.05. The molecule has 0 spiro atoms. The van der Waals surface area contributed by atoms with E-state index >= 15 is 0 Å². The molecule has 2 aliphatic rings. The summed E-state index contributed by atoms with van der Waals surface area (Å²) >= 11 is 0. The first-order chi connectivity index (χ1) is 8.83. The highest BCUT2D eigenvalue weighted by molar-refractivity contribution is 5.86. The first kappa shape index (κ1) is 14.6. The first-order valence-electron chi connectivity index (χ1n) is 7.57. The van der Waals surface area contributed by atoms with E-state index in [2.05, 4.69) is 39.1 Å². The van der Waals surface area contributed by atoms with Crippen molar-refractivity contribution in [2.45, 2.75) is 58.9 Å². The molecule has 0 aromatic carbocycles. The van der Waals surface area contributed by atoms with Crippen LogP contribution in [0.25, 0.3) is 0 Å². The van der Waals surface area contributed by atoms with E-state index in [1.165, 1.54) is 12.0 Å². The van der Waals surface area contributed by atoms with Gasteiger partial charge in [-0.2, -0.15) is 0 Å². The van der Waals surface area contributed by atoms with Crippen LogP contribution >= 0.6 is 0 Å². The summed E-state index contributed by atoms with van der Waals surface area (Å²) in [4.78, 5) is 14.7. The summed E-state index contributed by atoms with van der Waals surface area (Å²) in [6, 6.07) is 0. The molecular formula is C16H28N2O. The van der Waals surface area contributed by atoms with Crippen molar-refractivity contribution in [1.82, 2.24) is 10.2 Å². The van der Waals surface area contributed by atoms with Crippen molar-refractivity contribution in [3.8, 4) is 0 Å². The summed E-state index contributed by atoms with van der Waals surface area (Å²) in [5, 5.41) is 3.42. The van der Waals surface area contributed by atoms with Crippen molar-refractivity contribution in [3.05, 3.63) is 11.6 Å². The lowest BCUT2D eigenvalue weighted by molar-refractivity contribution is -0.138. The molecule has 1 N–H and O–H groups in total. The summed E-state index contributed by atoms with van der Waals surface area (Å²) in [5.41, 5.74) is 1.39. The molecule has 1 fully saturated rings. The Balaban J connectivity index is 2.01. The number of hydrogen-bond donors (Lipinski definition) is 1. The second-order valence-corrected chi connectivity index (χ2v) is 7.20. The Bertz CT molecular complexity index is 373. The van der Waals surface area contributed by atoms with Gasteiger partial charge in [0.25, 0.3) is 0 Å². The van der Waals surface area contributed by atoms with Crippen LogP contribution < -0.4 is 5.32 Å². The number of carbonyl (C=O) groups excluding carboxylic acids is 1. The Labute approximate surface area is 117 Å². The van der Waals surface area contributed by atoms with Gasteiger partial charge in [-0.1, -0.05) is 32.4 Å². The van der Waals surface area contributed by atoms with Crippen LogP contribution in [-0.4, -0.2) is 36.0 Å². The zero-order chi connectivity index (χ0) is 14.1. The van der Waals surface area contributed by atoms with Crippen LogP contribution in [0.2, 0.25) is 0 Å². The van der Waals surface area contributed by atoms with Crippen molar-refractivity contribution in [1.29, 1.82) is 0 Å². The predicted octanol–water partition coefficient (Wildman–Crippen LogP) is 2.72. The molecule has 1 saturated heterocycles. The Morgan fingerprint density at radius 2 is 2.11 bits per heavy atom. The molecule has 1 atom stereocenters. The van der Waals surface area contributed by atoms with Gasteiger partial charge in [-0.25, -0.2) is 0 Å². The number of hydrogen-bond acceptors (Lipinski definition) is 2. The molecule has 2 heterocycles. The van der Waals surface area contributed by atoms with E-state index in [1.54, 1.807) is 0 Å². The molecule has 108 valence electrons. The zero-order valence-corrected chi connectivity index (χ0v) is 12.9. The molecule has 0 aromatic heterocycles. The van der Waals surface area contributed by atoms with Gasteiger partial charge in [-0.15, -0.1) is 0 Å². The predicted molar refractivity (Wildman–Crippen MR) is 79.0 cm³/mol. The summed E-state index contributed by atoms with van der Waals surface area (Å²) < 4.78 is 0. The normalized spacial score (nSPS) is 29.1. The molecule has 19 heavy (non-hydrogen) atoms. The number of nitrogens with zero attached hydrogens (tertiary/aromatic N) is 1. The van der Waals surface area contributed by atoms with Crippen LogP contribution in [0.3, 0.4) is 0 Å². The first-order valence-corrected chi connectivity index (χ1v) is 7.57. The van der Waals surface area contributed by atoms with Gasteiger partial charge >= 0.3 is 0 Å². The van der Waals surface area contributed by atoms with E-state index in [9.17, 15) is 4.79 Å². The topological polar surface area (TPSA) is 32.3 Å². The van der Waals surface area contributed by atoms with Crippen molar-refractivity contribution < 1.29 is 4.79 Å². The third kappa shape index (κ3) is 3.19. The van der Waals surface area contributed by atoms with Crippen molar-refractivity contribution >= 4 is 5.91 Å². The summed E-state index contributed by atoms with van der Waals surface area (Å²) in [5.74, 6) is 0.288. The number of amides is 1. The van der Waals surface area contributed by atoms with Gasteiger partial charge in [-0.05, 0) is 44.6 Å². The minimum atomic E-state index is -0.328. The molecule has 0 bridgehead atoms. The lowest BCUT2D eigenvalue weighted by atomic mass is 9.82. The molecule has 2 rings (SSSR count). The van der Waals surface area contributed by atoms with Gasteiger partial charge in [-0.3, -0.25) is 4.79 Å². The highest BCUT2D eigenvalue weighted by Gasteiger charge is 2.38. The molecule has 1 amide bonds. The van der Waals surface area contributed by atoms with E-state index in [0.717, 1.165) is 38.9 Å². The fraction of sp³-hybridized carbons (Fsp3) is 0.812. The Hall–Kier alpha value is -0.830. The highest BCUT2D eigenvalue weighted by Crippen LogP contribution is 2.31. The molecule has 0 aromatic rings. The van der Waals surface area contributed by atoms with Gasteiger partial charge in [0.2, 0.25) is 5.91 Å². The lowest BCUT2D eigenvalue weighted by Crippen LogP contribution is -2.58. The highest BCUT2D eigenvalue weighted by atomic mass is 16.2. The van der Waals surface area contributed by atoms with Crippen LogP contribution in [0.1, 0.15) is 53.4 Å². The van der Waals surface area contributed by atoms with E-state index in [1.807, 2.05) is 4.90 Å². The van der Waals surface area contributed by atoms with E-state index in [0.29, 0.717) is 0 Å². The maximum absolute atomic E-state index is 12.7. The number of piperidine rings is 1. The fourth-order valence-corrected chi connectivity index (χ4v) is 3.12. The van der Waals surface area contributed by atoms with Gasteiger partial charge in [0.05, 0.1) is 5.54 Å². The van der Waals surface area contributed by atoms with E-state index in [4.69, 9.17) is 0 Å². The maximum atomic E-state index is 12.7. The third-order valence-corrected chi connectivity index (χ3v) is 4.55. The number of nitrogens with one attached hydrogen (secondary N) is 1. The Morgan fingerprint density at radius 1 is 1.37 bits per heavy atom. The largest absolute Gasteiger partial charge is 0.337 e. The summed E-state index contributed by atoms with van der Waals surface area (Å²) in [6.45, 7) is 11.4. The minimum Gasteiger partial charge on any atom is -0.337 e. The number of carbonyl (C=O) groups is 1. The molecule has 0 radical (unpaired) electrons. The second-order valence-electron chi connectivity index (χ2n) is 7.20. The third-order valence-electron chi connectivity index (χ3n) is 4.55. The van der Waals surface area contributed by atoms with E-state index in [-0.39, 0.29) is 16.9 Å². The summed E-state index contributed by atoms with van der Waals surface area (Å²) in [6.07, 6.45) is 6.60. The SMILES string of the molecule is CC(C)(C)C1=CCN(C(=O)C2(C)CCCCN2)CC1. The quantitative estimate of drug-likeness (QED) is 0.739. The molecule has 2 aliphatic heterocycles. The molecule has 0 saturated carbocycles. The zero-order valence-electron chi connectivity index (χ0n) is 12.9. The van der Waals surface area contributed by atoms with Gasteiger partial charge in [0.1, 0.15) is 0 Å². The van der Waals surface area contributed by atoms with Crippen LogP contribution in [-0.2, 0) is 4.79 Å². The average molecular weight is 264 g/mol. The van der Waals surface area contributed by atoms with Crippen molar-refractivity contribution in [3.63, 3.8) is 0 Å². The van der Waals surface area contributed by atoms with E-state index < -0.39 is 0 Å². The monoisotopic (exact) mass is 264 g/mol. The molecular weight excluding hydrogens is 236 g/mol. The molecule has 1 unspecified atom stereocenters. The maximum Gasteiger partial charge on any atom is 0.242 e. The fourth-order valence-electron chi connectivity index (χ4n) is 3.12. The van der Waals surface area contributed by atoms with Crippen LogP contribution in [0, 0.1) is 5.41 Å². The van der Waals surface area contributed by atoms with Gasteiger partial charge in [0.15, 0.2) is 0 Å². The average Bonchev–Trinajstić information content (AvgIpc) is 2.38. The number of rotatable bonds is 1. The standard InChI is InChI=1S/C16H28N2O/c1-15(2,3)13-7-11-18(12-8-13)14(19)16(4)9-5-6-10-17-16/h7,17H,5-6,8-12H2,1-4H3. The smallest absolute Gasteiger partial charge is 0.242 e. The molecule has 3 nitrogen and oxygen atoms in total. The lowest BCUT2D eigenvalue weighted by Gasteiger charge is -2.40. The summed E-state index contributed by atoms with van der Waals surface area (Å²) in [7, 11) is 0. The molecule has 0 aliphatic carbocycles.